The fourth-order valence-electron chi connectivity index (χ4n) is 5.18. The third-order valence-electron chi connectivity index (χ3n) is 6.17. The van der Waals surface area contributed by atoms with Crippen LogP contribution in [0.3, 0.4) is 0 Å². The van der Waals surface area contributed by atoms with Crippen molar-refractivity contribution >= 4 is 5.97 Å². The molecule has 0 radical (unpaired) electrons. The lowest BCUT2D eigenvalue weighted by Gasteiger charge is -2.47. The SMILES string of the molecule is C[C@H]1C[C@H]2CCN(C)[C@H]2[C@@H]2c3cc4c(cc3C(=O)O[C@@H]21)OCO4. The van der Waals surface area contributed by atoms with Gasteiger partial charge in [-0.25, -0.2) is 4.79 Å². The lowest BCUT2D eigenvalue weighted by molar-refractivity contribution is -0.0362. The highest BCUT2D eigenvalue weighted by Gasteiger charge is 2.52. The first-order valence-corrected chi connectivity index (χ1v) is 8.48. The normalized spacial score (nSPS) is 37.8. The Hall–Kier alpha value is -1.75. The van der Waals surface area contributed by atoms with Crippen molar-refractivity contribution in [3.05, 3.63) is 23.3 Å². The van der Waals surface area contributed by atoms with Crippen LogP contribution in [0.1, 0.15) is 41.6 Å². The van der Waals surface area contributed by atoms with E-state index in [-0.39, 0.29) is 24.8 Å². The summed E-state index contributed by atoms with van der Waals surface area (Å²) in [6.07, 6.45) is 2.35. The fraction of sp³-hybridized carbons (Fsp3) is 0.611. The Labute approximate surface area is 135 Å². The third-order valence-corrected chi connectivity index (χ3v) is 6.17. The maximum absolute atomic E-state index is 12.5. The van der Waals surface area contributed by atoms with E-state index in [1.165, 1.54) is 6.42 Å². The van der Waals surface area contributed by atoms with Gasteiger partial charge in [-0.3, -0.25) is 0 Å². The molecule has 0 unspecified atom stereocenters. The Morgan fingerprint density at radius 1 is 1.22 bits per heavy atom. The molecule has 5 nitrogen and oxygen atoms in total. The minimum Gasteiger partial charge on any atom is -0.458 e. The fourth-order valence-corrected chi connectivity index (χ4v) is 5.18. The molecule has 1 saturated heterocycles. The van der Waals surface area contributed by atoms with Crippen molar-refractivity contribution in [1.29, 1.82) is 0 Å². The van der Waals surface area contributed by atoms with Crippen LogP contribution < -0.4 is 9.47 Å². The van der Waals surface area contributed by atoms with Crippen LogP contribution in [0, 0.1) is 11.8 Å². The Kier molecular flexibility index (Phi) is 2.75. The average molecular weight is 315 g/mol. The first-order chi connectivity index (χ1) is 11.1. The summed E-state index contributed by atoms with van der Waals surface area (Å²) in [6.45, 7) is 3.57. The molecular formula is C18H21NO4. The minimum absolute atomic E-state index is 0.0304. The topological polar surface area (TPSA) is 48.0 Å². The van der Waals surface area contributed by atoms with E-state index in [4.69, 9.17) is 14.2 Å². The van der Waals surface area contributed by atoms with Gasteiger partial charge in [0.15, 0.2) is 11.5 Å². The predicted octanol–water partition coefficient (Wildman–Crippen LogP) is 2.40. The smallest absolute Gasteiger partial charge is 0.338 e. The summed E-state index contributed by atoms with van der Waals surface area (Å²) in [6, 6.07) is 4.28. The predicted molar refractivity (Wildman–Crippen MR) is 82.8 cm³/mol. The molecule has 1 aliphatic carbocycles. The highest BCUT2D eigenvalue weighted by molar-refractivity contribution is 5.94. The minimum atomic E-state index is -0.217. The molecule has 122 valence electrons. The zero-order valence-corrected chi connectivity index (χ0v) is 13.5. The highest BCUT2D eigenvalue weighted by atomic mass is 16.7. The molecule has 0 aromatic heterocycles. The average Bonchev–Trinajstić information content (AvgIpc) is 3.13. The number of esters is 1. The van der Waals surface area contributed by atoms with Crippen LogP contribution in [0.5, 0.6) is 11.5 Å². The second kappa shape index (κ2) is 4.63. The summed E-state index contributed by atoms with van der Waals surface area (Å²) in [5, 5.41) is 0. The molecule has 5 rings (SSSR count). The maximum atomic E-state index is 12.5. The van der Waals surface area contributed by atoms with E-state index >= 15 is 0 Å². The van der Waals surface area contributed by atoms with Gasteiger partial charge < -0.3 is 19.1 Å². The quantitative estimate of drug-likeness (QED) is 0.688. The molecule has 0 spiro atoms. The molecule has 4 aliphatic rings. The monoisotopic (exact) mass is 315 g/mol. The number of fused-ring (bicyclic) bond motifs is 6. The molecule has 1 aromatic carbocycles. The summed E-state index contributed by atoms with van der Waals surface area (Å²) in [4.78, 5) is 15.0. The standard InChI is InChI=1S/C18H21NO4/c1-9-5-10-3-4-19(2)16(10)15-11-6-13-14(22-8-21-13)7-12(11)18(20)23-17(9)15/h6-7,9-10,15-17H,3-5,8H2,1-2H3/t9-,10+,15-,16+,17+/m0/s1. The number of likely N-dealkylation sites (N-methyl/N-ethyl adjacent to an activating group) is 1. The van der Waals surface area contributed by atoms with Gasteiger partial charge in [0.25, 0.3) is 0 Å². The number of nitrogens with zero attached hydrogens (tertiary/aromatic N) is 1. The van der Waals surface area contributed by atoms with Crippen LogP contribution in [0.2, 0.25) is 0 Å². The van der Waals surface area contributed by atoms with Crippen molar-refractivity contribution in [2.24, 2.45) is 11.8 Å². The van der Waals surface area contributed by atoms with E-state index < -0.39 is 0 Å². The molecule has 0 N–H and O–H groups in total. The van der Waals surface area contributed by atoms with E-state index in [1.807, 2.05) is 6.07 Å². The lowest BCUT2D eigenvalue weighted by atomic mass is 9.66. The Balaban J connectivity index is 1.68. The molecule has 23 heavy (non-hydrogen) atoms. The number of carbonyl (C=O) groups excluding carboxylic acids is 1. The van der Waals surface area contributed by atoms with Crippen LogP contribution in [0.4, 0.5) is 0 Å². The van der Waals surface area contributed by atoms with Gasteiger partial charge in [-0.2, -0.15) is 0 Å². The summed E-state index contributed by atoms with van der Waals surface area (Å²) in [7, 11) is 2.20. The van der Waals surface area contributed by atoms with Crippen LogP contribution >= 0.6 is 0 Å². The molecule has 5 atom stereocenters. The molecule has 3 heterocycles. The Bertz CT molecular complexity index is 688. The van der Waals surface area contributed by atoms with Crippen LogP contribution in [0.15, 0.2) is 12.1 Å². The van der Waals surface area contributed by atoms with Gasteiger partial charge in [0.2, 0.25) is 6.79 Å². The van der Waals surface area contributed by atoms with Crippen molar-refractivity contribution in [2.75, 3.05) is 20.4 Å². The number of rotatable bonds is 0. The van der Waals surface area contributed by atoms with Crippen LogP contribution in [-0.4, -0.2) is 43.4 Å². The van der Waals surface area contributed by atoms with E-state index in [0.29, 0.717) is 29.2 Å². The van der Waals surface area contributed by atoms with Crippen molar-refractivity contribution in [1.82, 2.24) is 4.90 Å². The molecule has 0 bridgehead atoms. The van der Waals surface area contributed by atoms with Gasteiger partial charge in [0, 0.05) is 12.0 Å². The van der Waals surface area contributed by atoms with Gasteiger partial charge >= 0.3 is 5.97 Å². The van der Waals surface area contributed by atoms with Crippen molar-refractivity contribution in [3.8, 4) is 11.5 Å². The molecule has 3 aliphatic heterocycles. The molecule has 5 heteroatoms. The second-order valence-corrected chi connectivity index (χ2v) is 7.42. The van der Waals surface area contributed by atoms with Gasteiger partial charge in [-0.1, -0.05) is 6.92 Å². The van der Waals surface area contributed by atoms with Crippen molar-refractivity contribution < 1.29 is 19.0 Å². The third kappa shape index (κ3) is 1.80. The number of hydrogen-bond acceptors (Lipinski definition) is 5. The Morgan fingerprint density at radius 2 is 2.00 bits per heavy atom. The largest absolute Gasteiger partial charge is 0.458 e. The van der Waals surface area contributed by atoms with Crippen molar-refractivity contribution in [2.45, 2.75) is 37.8 Å². The van der Waals surface area contributed by atoms with E-state index in [9.17, 15) is 4.79 Å². The summed E-state index contributed by atoms with van der Waals surface area (Å²) in [5.74, 6) is 2.51. The van der Waals surface area contributed by atoms with Gasteiger partial charge in [0.05, 0.1) is 5.56 Å². The molecule has 1 saturated carbocycles. The van der Waals surface area contributed by atoms with E-state index in [2.05, 4.69) is 18.9 Å². The highest BCUT2D eigenvalue weighted by Crippen LogP contribution is 2.52. The van der Waals surface area contributed by atoms with Gasteiger partial charge in [0.1, 0.15) is 6.10 Å². The molecule has 1 aromatic rings. The first-order valence-electron chi connectivity index (χ1n) is 8.48. The van der Waals surface area contributed by atoms with E-state index in [0.717, 1.165) is 24.3 Å². The summed E-state index contributed by atoms with van der Waals surface area (Å²) in [5.41, 5.74) is 1.74. The molecule has 2 fully saturated rings. The van der Waals surface area contributed by atoms with Gasteiger partial charge in [-0.05, 0) is 56.0 Å². The number of likely N-dealkylation sites (tertiary alicyclic amines) is 1. The Morgan fingerprint density at radius 3 is 2.83 bits per heavy atom. The maximum Gasteiger partial charge on any atom is 0.338 e. The molecule has 0 amide bonds. The van der Waals surface area contributed by atoms with Gasteiger partial charge in [-0.15, -0.1) is 0 Å². The number of hydrogen-bond donors (Lipinski definition) is 0. The second-order valence-electron chi connectivity index (χ2n) is 7.42. The van der Waals surface area contributed by atoms with Crippen molar-refractivity contribution in [3.63, 3.8) is 0 Å². The lowest BCUT2D eigenvalue weighted by Crippen LogP contribution is -2.51. The number of carbonyl (C=O) groups is 1. The molecular weight excluding hydrogens is 294 g/mol. The number of ether oxygens (including phenoxy) is 3. The van der Waals surface area contributed by atoms with Crippen LogP contribution in [-0.2, 0) is 4.74 Å². The zero-order chi connectivity index (χ0) is 15.7. The zero-order valence-electron chi connectivity index (χ0n) is 13.5. The summed E-state index contributed by atoms with van der Waals surface area (Å²) >= 11 is 0. The first kappa shape index (κ1) is 13.7. The van der Waals surface area contributed by atoms with E-state index in [1.54, 1.807) is 6.07 Å². The van der Waals surface area contributed by atoms with Crippen LogP contribution in [0.25, 0.3) is 0 Å². The number of benzene rings is 1. The summed E-state index contributed by atoms with van der Waals surface area (Å²) < 4.78 is 16.9.